The van der Waals surface area contributed by atoms with Gasteiger partial charge in [-0.2, -0.15) is 5.10 Å². The number of benzene rings is 1. The minimum absolute atomic E-state index is 0.0420. The largest absolute Gasteiger partial charge is 0.337 e. The molecule has 0 bridgehead atoms. The molecule has 1 fully saturated rings. The molecule has 1 aromatic heterocycles. The number of carbonyl (C=O) groups is 1. The summed E-state index contributed by atoms with van der Waals surface area (Å²) in [4.78, 5) is 23.5. The van der Waals surface area contributed by atoms with Gasteiger partial charge < -0.3 is 4.90 Å². The first kappa shape index (κ1) is 17.9. The van der Waals surface area contributed by atoms with Crippen LogP contribution < -0.4 is 4.90 Å². The molecule has 4 rings (SSSR count). The van der Waals surface area contributed by atoms with Crippen LogP contribution in [-0.4, -0.2) is 39.8 Å². The van der Waals surface area contributed by atoms with Gasteiger partial charge in [0.05, 0.1) is 22.1 Å². The van der Waals surface area contributed by atoms with Crippen LogP contribution in [0.2, 0.25) is 0 Å². The van der Waals surface area contributed by atoms with Crippen molar-refractivity contribution in [1.82, 2.24) is 15.1 Å². The minimum atomic E-state index is -0.0420. The maximum Gasteiger partial charge on any atom is 0.269 e. The number of thioether (sulfide) groups is 2. The van der Waals surface area contributed by atoms with Gasteiger partial charge in [-0.05, 0) is 37.7 Å². The minimum Gasteiger partial charge on any atom is -0.337 e. The summed E-state index contributed by atoms with van der Waals surface area (Å²) in [6, 6.07) is 8.16. The van der Waals surface area contributed by atoms with Crippen LogP contribution in [0.1, 0.15) is 11.4 Å². The fourth-order valence-electron chi connectivity index (χ4n) is 3.01. The van der Waals surface area contributed by atoms with E-state index in [9.17, 15) is 4.79 Å². The summed E-state index contributed by atoms with van der Waals surface area (Å²) in [5.74, 6) is -0.0420. The van der Waals surface area contributed by atoms with Gasteiger partial charge in [0, 0.05) is 18.5 Å². The summed E-state index contributed by atoms with van der Waals surface area (Å²) in [6.07, 6.45) is 1.72. The van der Waals surface area contributed by atoms with Crippen molar-refractivity contribution in [2.75, 3.05) is 18.5 Å². The number of aryl methyl sites for hydroxylation is 2. The molecule has 1 amide bonds. The number of aromatic nitrogens is 2. The standard InChI is InChI=1S/C19H19N5OS2/c1-5-10-24-17(25)16(18-23(4)13-8-6-7-9-14(13)26-18)27-19(24)20-15-11(2)21-22-12(15)3/h5-9H,1,10H2,2-4H3,(H,21,22)/b18-16+,20-19?. The quantitative estimate of drug-likeness (QED) is 0.622. The van der Waals surface area contributed by atoms with E-state index in [1.807, 2.05) is 33.0 Å². The van der Waals surface area contributed by atoms with Crippen molar-refractivity contribution in [2.24, 2.45) is 4.99 Å². The van der Waals surface area contributed by atoms with E-state index < -0.39 is 0 Å². The lowest BCUT2D eigenvalue weighted by atomic mass is 10.3. The molecule has 1 saturated heterocycles. The Hall–Kier alpha value is -2.45. The van der Waals surface area contributed by atoms with Crippen molar-refractivity contribution < 1.29 is 4.79 Å². The number of H-pyrrole nitrogens is 1. The monoisotopic (exact) mass is 397 g/mol. The second-order valence-electron chi connectivity index (χ2n) is 6.25. The third kappa shape index (κ3) is 2.98. The van der Waals surface area contributed by atoms with Crippen LogP contribution >= 0.6 is 23.5 Å². The van der Waals surface area contributed by atoms with E-state index in [-0.39, 0.29) is 5.91 Å². The number of carbonyl (C=O) groups excluding carboxylic acids is 1. The lowest BCUT2D eigenvalue weighted by molar-refractivity contribution is -0.121. The summed E-state index contributed by atoms with van der Waals surface area (Å²) in [5.41, 5.74) is 3.59. The van der Waals surface area contributed by atoms with Crippen molar-refractivity contribution >= 4 is 46.0 Å². The molecule has 0 unspecified atom stereocenters. The van der Waals surface area contributed by atoms with Gasteiger partial charge in [-0.3, -0.25) is 14.8 Å². The first-order valence-corrected chi connectivity index (χ1v) is 10.1. The van der Waals surface area contributed by atoms with Crippen LogP contribution in [0.3, 0.4) is 0 Å². The van der Waals surface area contributed by atoms with Crippen molar-refractivity contribution in [2.45, 2.75) is 18.7 Å². The van der Waals surface area contributed by atoms with Crippen molar-refractivity contribution in [3.05, 3.63) is 58.2 Å². The van der Waals surface area contributed by atoms with Gasteiger partial charge in [-0.15, -0.1) is 6.58 Å². The van der Waals surface area contributed by atoms with Gasteiger partial charge in [0.15, 0.2) is 5.17 Å². The number of aliphatic imine (C=N–C) groups is 1. The molecular formula is C19H19N5OS2. The summed E-state index contributed by atoms with van der Waals surface area (Å²) in [5, 5.41) is 8.72. The van der Waals surface area contributed by atoms with Crippen molar-refractivity contribution in [3.8, 4) is 0 Å². The van der Waals surface area contributed by atoms with Crippen LogP contribution in [-0.2, 0) is 4.79 Å². The molecule has 0 radical (unpaired) electrons. The summed E-state index contributed by atoms with van der Waals surface area (Å²) in [7, 11) is 1.99. The van der Waals surface area contributed by atoms with Gasteiger partial charge in [-0.25, -0.2) is 4.99 Å². The van der Waals surface area contributed by atoms with Gasteiger partial charge in [-0.1, -0.05) is 30.0 Å². The average molecular weight is 398 g/mol. The molecule has 2 aromatic rings. The zero-order chi connectivity index (χ0) is 19.1. The smallest absolute Gasteiger partial charge is 0.269 e. The van der Waals surface area contributed by atoms with Gasteiger partial charge in [0.2, 0.25) is 0 Å². The molecule has 0 atom stereocenters. The zero-order valence-electron chi connectivity index (χ0n) is 15.3. The second kappa shape index (κ2) is 6.94. The number of anilines is 1. The van der Waals surface area contributed by atoms with Crippen molar-refractivity contribution in [3.63, 3.8) is 0 Å². The van der Waals surface area contributed by atoms with E-state index in [0.29, 0.717) is 16.6 Å². The highest BCUT2D eigenvalue weighted by Crippen LogP contribution is 2.50. The summed E-state index contributed by atoms with van der Waals surface area (Å²) < 4.78 is 0. The Kier molecular flexibility index (Phi) is 4.61. The lowest BCUT2D eigenvalue weighted by Gasteiger charge is -2.15. The molecule has 27 heavy (non-hydrogen) atoms. The number of nitrogens with one attached hydrogen (secondary N) is 1. The highest BCUT2D eigenvalue weighted by molar-refractivity contribution is 8.19. The van der Waals surface area contributed by atoms with Crippen LogP contribution in [0.5, 0.6) is 0 Å². The van der Waals surface area contributed by atoms with Gasteiger partial charge in [0.25, 0.3) is 5.91 Å². The molecule has 2 aliphatic rings. The van der Waals surface area contributed by atoms with E-state index in [1.54, 1.807) is 22.7 Å². The normalized spacial score (nSPS) is 20.7. The molecule has 1 aromatic carbocycles. The molecule has 8 heteroatoms. The van der Waals surface area contributed by atoms with Gasteiger partial charge in [0.1, 0.15) is 10.6 Å². The molecule has 0 saturated carbocycles. The predicted molar refractivity (Wildman–Crippen MR) is 112 cm³/mol. The molecule has 1 N–H and O–H groups in total. The Labute approximate surface area is 166 Å². The maximum atomic E-state index is 13.1. The molecular weight excluding hydrogens is 378 g/mol. The molecule has 3 heterocycles. The number of hydrogen-bond acceptors (Lipinski definition) is 6. The molecule has 6 nitrogen and oxygen atoms in total. The van der Waals surface area contributed by atoms with Crippen LogP contribution in [0.25, 0.3) is 0 Å². The van der Waals surface area contributed by atoms with E-state index in [4.69, 9.17) is 4.99 Å². The number of nitrogens with zero attached hydrogens (tertiary/aromatic N) is 4. The Morgan fingerprint density at radius 2 is 2.07 bits per heavy atom. The van der Waals surface area contributed by atoms with Crippen LogP contribution in [0.4, 0.5) is 11.4 Å². The predicted octanol–water partition coefficient (Wildman–Crippen LogP) is 4.19. The molecule has 2 aliphatic heterocycles. The fraction of sp³-hybridized carbons (Fsp3) is 0.211. The lowest BCUT2D eigenvalue weighted by Crippen LogP contribution is -2.29. The van der Waals surface area contributed by atoms with Gasteiger partial charge >= 0.3 is 0 Å². The Bertz CT molecular complexity index is 988. The Morgan fingerprint density at radius 1 is 1.30 bits per heavy atom. The molecule has 0 aliphatic carbocycles. The van der Waals surface area contributed by atoms with E-state index in [1.165, 1.54) is 11.8 Å². The number of amidine groups is 1. The first-order chi connectivity index (χ1) is 13.0. The third-order valence-corrected chi connectivity index (χ3v) is 6.84. The van der Waals surface area contributed by atoms with E-state index in [2.05, 4.69) is 33.8 Å². The second-order valence-corrected chi connectivity index (χ2v) is 8.25. The first-order valence-electron chi connectivity index (χ1n) is 8.47. The summed E-state index contributed by atoms with van der Waals surface area (Å²) in [6.45, 7) is 8.03. The number of aromatic amines is 1. The Balaban J connectivity index is 1.77. The van der Waals surface area contributed by atoms with Crippen molar-refractivity contribution in [1.29, 1.82) is 0 Å². The molecule has 138 valence electrons. The zero-order valence-corrected chi connectivity index (χ0v) is 16.9. The topological polar surface area (TPSA) is 64.6 Å². The summed E-state index contributed by atoms with van der Waals surface area (Å²) >= 11 is 3.03. The Morgan fingerprint density at radius 3 is 2.74 bits per heavy atom. The fourth-order valence-corrected chi connectivity index (χ4v) is 5.35. The number of rotatable bonds is 3. The highest BCUT2D eigenvalue weighted by Gasteiger charge is 2.38. The average Bonchev–Trinajstić information content (AvgIpc) is 3.27. The van der Waals surface area contributed by atoms with Crippen LogP contribution in [0, 0.1) is 13.8 Å². The van der Waals surface area contributed by atoms with E-state index in [0.717, 1.165) is 32.7 Å². The van der Waals surface area contributed by atoms with Crippen LogP contribution in [0.15, 0.2) is 56.7 Å². The highest BCUT2D eigenvalue weighted by atomic mass is 32.2. The number of amides is 1. The SMILES string of the molecule is C=CCN1C(=O)/C(=C2\Sc3ccccc3N2C)SC1=Nc1c(C)n[nH]c1C. The number of hydrogen-bond donors (Lipinski definition) is 1. The number of para-hydroxylation sites is 1. The molecule has 0 spiro atoms. The maximum absolute atomic E-state index is 13.1. The number of fused-ring (bicyclic) bond motifs is 1. The third-order valence-electron chi connectivity index (χ3n) is 4.40. The van der Waals surface area contributed by atoms with E-state index >= 15 is 0 Å².